The monoisotopic (exact) mass is 262 g/mol. The van der Waals surface area contributed by atoms with E-state index in [2.05, 4.69) is 24.5 Å². The minimum Gasteiger partial charge on any atom is -0.379 e. The van der Waals surface area contributed by atoms with Gasteiger partial charge in [0.25, 0.3) is 0 Å². The molecule has 2 aliphatic heterocycles. The number of hydrogen-bond acceptors (Lipinski definition) is 4. The average Bonchev–Trinajstić information content (AvgIpc) is 2.45. The van der Waals surface area contributed by atoms with E-state index < -0.39 is 0 Å². The van der Waals surface area contributed by atoms with E-state index in [0.717, 1.165) is 39.4 Å². The van der Waals surface area contributed by atoms with E-state index in [1.807, 2.05) is 27.7 Å². The minimum absolute atomic E-state index is 0.402. The van der Waals surface area contributed by atoms with Crippen LogP contribution in [0.4, 0.5) is 0 Å². The lowest BCUT2D eigenvalue weighted by molar-refractivity contribution is -0.0166. The lowest BCUT2D eigenvalue weighted by atomic mass is 10.3. The van der Waals surface area contributed by atoms with Crippen LogP contribution in [0.15, 0.2) is 0 Å². The van der Waals surface area contributed by atoms with Crippen molar-refractivity contribution in [3.63, 3.8) is 0 Å². The fourth-order valence-electron chi connectivity index (χ4n) is 1.50. The average molecular weight is 262 g/mol. The van der Waals surface area contributed by atoms with Gasteiger partial charge in [0, 0.05) is 26.2 Å². The fraction of sp³-hybridized carbons (Fsp3) is 1.00. The van der Waals surface area contributed by atoms with Crippen LogP contribution in [0.3, 0.4) is 0 Å². The fourth-order valence-corrected chi connectivity index (χ4v) is 1.50. The van der Waals surface area contributed by atoms with Crippen molar-refractivity contribution in [2.75, 3.05) is 39.4 Å². The van der Waals surface area contributed by atoms with Gasteiger partial charge in [-0.25, -0.2) is 0 Å². The largest absolute Gasteiger partial charge is 0.379 e. The molecule has 2 atom stereocenters. The number of ether oxygens (including phenoxy) is 2. The van der Waals surface area contributed by atoms with Gasteiger partial charge in [-0.15, -0.1) is 0 Å². The van der Waals surface area contributed by atoms with Gasteiger partial charge in [0.1, 0.15) is 0 Å². The summed E-state index contributed by atoms with van der Waals surface area (Å²) in [5.74, 6) is 0. The summed E-state index contributed by atoms with van der Waals surface area (Å²) in [7, 11) is 0. The quantitative estimate of drug-likeness (QED) is 0.701. The Hall–Kier alpha value is -0.160. The van der Waals surface area contributed by atoms with Gasteiger partial charge < -0.3 is 20.1 Å². The maximum atomic E-state index is 5.42. The molecular formula is C14H34N2O2. The Morgan fingerprint density at radius 1 is 0.778 bits per heavy atom. The van der Waals surface area contributed by atoms with Crippen LogP contribution < -0.4 is 10.6 Å². The van der Waals surface area contributed by atoms with Gasteiger partial charge in [0.15, 0.2) is 0 Å². The van der Waals surface area contributed by atoms with Crippen LogP contribution in [0.2, 0.25) is 0 Å². The van der Waals surface area contributed by atoms with E-state index in [9.17, 15) is 0 Å². The van der Waals surface area contributed by atoms with Crippen molar-refractivity contribution in [2.24, 2.45) is 0 Å². The molecule has 0 bridgehead atoms. The molecule has 2 rings (SSSR count). The maximum Gasteiger partial charge on any atom is 0.0675 e. The Morgan fingerprint density at radius 3 is 1.39 bits per heavy atom. The lowest BCUT2D eigenvalue weighted by Crippen LogP contribution is -2.41. The molecule has 2 aliphatic rings. The summed E-state index contributed by atoms with van der Waals surface area (Å²) < 4.78 is 10.4. The third-order valence-corrected chi connectivity index (χ3v) is 2.17. The molecule has 2 unspecified atom stereocenters. The maximum absolute atomic E-state index is 5.42. The molecule has 0 aromatic carbocycles. The third kappa shape index (κ3) is 13.9. The molecular weight excluding hydrogens is 228 g/mol. The minimum atomic E-state index is 0.402. The van der Waals surface area contributed by atoms with E-state index in [-0.39, 0.29) is 0 Å². The highest BCUT2D eigenvalue weighted by Crippen LogP contribution is 2.00. The summed E-state index contributed by atoms with van der Waals surface area (Å²) in [5, 5.41) is 6.42. The molecule has 18 heavy (non-hydrogen) atoms. The van der Waals surface area contributed by atoms with Gasteiger partial charge in [-0.3, -0.25) is 0 Å². The first-order chi connectivity index (χ1) is 8.79. The summed E-state index contributed by atoms with van der Waals surface area (Å²) in [6, 6.07) is 0. The number of rotatable bonds is 0. The first-order valence-electron chi connectivity index (χ1n) is 7.43. The molecule has 2 saturated heterocycles. The standard InChI is InChI=1S/C6H13NO.C4H9NO.2C2H6/c1-5-3-7-4-6(2)8-5;1-3-6-4-2-5-1;2*1-2/h5-7H,3-4H2,1-2H3;5H,1-4H2;2*1-2H3. The molecule has 4 nitrogen and oxygen atoms in total. The highest BCUT2D eigenvalue weighted by molar-refractivity contribution is 4.66. The summed E-state index contributed by atoms with van der Waals surface area (Å²) >= 11 is 0. The Labute approximate surface area is 114 Å². The molecule has 0 spiro atoms. The molecule has 112 valence electrons. The van der Waals surface area contributed by atoms with E-state index in [1.165, 1.54) is 0 Å². The van der Waals surface area contributed by atoms with Gasteiger partial charge in [-0.05, 0) is 13.8 Å². The van der Waals surface area contributed by atoms with Gasteiger partial charge >= 0.3 is 0 Å². The van der Waals surface area contributed by atoms with E-state index in [0.29, 0.717) is 12.2 Å². The van der Waals surface area contributed by atoms with Crippen LogP contribution in [0.25, 0.3) is 0 Å². The predicted molar refractivity (Wildman–Crippen MR) is 79.3 cm³/mol. The second kappa shape index (κ2) is 16.8. The molecule has 2 heterocycles. The molecule has 0 amide bonds. The van der Waals surface area contributed by atoms with Crippen molar-refractivity contribution in [3.05, 3.63) is 0 Å². The molecule has 0 aliphatic carbocycles. The normalized spacial score (nSPS) is 26.3. The Balaban J connectivity index is 0. The summed E-state index contributed by atoms with van der Waals surface area (Å²) in [6.45, 7) is 18.0. The zero-order chi connectivity index (χ0) is 14.2. The number of morpholine rings is 2. The predicted octanol–water partition coefficient (Wildman–Crippen LogP) is 2.04. The zero-order valence-corrected chi connectivity index (χ0v) is 13.2. The summed E-state index contributed by atoms with van der Waals surface area (Å²) in [6.07, 6.45) is 0.803. The van der Waals surface area contributed by atoms with Crippen LogP contribution >= 0.6 is 0 Å². The summed E-state index contributed by atoms with van der Waals surface area (Å²) in [5.41, 5.74) is 0. The second-order valence-corrected chi connectivity index (χ2v) is 3.78. The van der Waals surface area contributed by atoms with Gasteiger partial charge in [-0.2, -0.15) is 0 Å². The van der Waals surface area contributed by atoms with Crippen molar-refractivity contribution in [2.45, 2.75) is 53.8 Å². The Kier molecular flexibility index (Phi) is 18.9. The van der Waals surface area contributed by atoms with Crippen molar-refractivity contribution in [1.82, 2.24) is 10.6 Å². The van der Waals surface area contributed by atoms with Crippen LogP contribution in [0.5, 0.6) is 0 Å². The van der Waals surface area contributed by atoms with Crippen LogP contribution in [-0.2, 0) is 9.47 Å². The van der Waals surface area contributed by atoms with Gasteiger partial charge in [0.05, 0.1) is 25.4 Å². The van der Waals surface area contributed by atoms with E-state index >= 15 is 0 Å². The topological polar surface area (TPSA) is 42.5 Å². The Morgan fingerprint density at radius 2 is 1.22 bits per heavy atom. The van der Waals surface area contributed by atoms with Crippen LogP contribution in [0, 0.1) is 0 Å². The molecule has 0 aromatic rings. The van der Waals surface area contributed by atoms with Crippen molar-refractivity contribution < 1.29 is 9.47 Å². The highest BCUT2D eigenvalue weighted by Gasteiger charge is 2.12. The van der Waals surface area contributed by atoms with Crippen molar-refractivity contribution in [3.8, 4) is 0 Å². The van der Waals surface area contributed by atoms with Crippen molar-refractivity contribution >= 4 is 0 Å². The third-order valence-electron chi connectivity index (χ3n) is 2.17. The molecule has 0 aromatic heterocycles. The molecule has 4 heteroatoms. The first-order valence-corrected chi connectivity index (χ1v) is 7.43. The summed E-state index contributed by atoms with van der Waals surface area (Å²) in [4.78, 5) is 0. The molecule has 2 fully saturated rings. The first kappa shape index (κ1) is 20.2. The van der Waals surface area contributed by atoms with E-state index in [4.69, 9.17) is 9.47 Å². The Bertz CT molecular complexity index is 122. The van der Waals surface area contributed by atoms with Gasteiger partial charge in [0.2, 0.25) is 0 Å². The second-order valence-electron chi connectivity index (χ2n) is 3.78. The molecule has 0 radical (unpaired) electrons. The lowest BCUT2D eigenvalue weighted by Gasteiger charge is -2.25. The zero-order valence-electron chi connectivity index (χ0n) is 13.2. The van der Waals surface area contributed by atoms with Crippen LogP contribution in [0.1, 0.15) is 41.5 Å². The highest BCUT2D eigenvalue weighted by atomic mass is 16.5. The van der Waals surface area contributed by atoms with E-state index in [1.54, 1.807) is 0 Å². The molecule has 0 saturated carbocycles. The smallest absolute Gasteiger partial charge is 0.0675 e. The van der Waals surface area contributed by atoms with Crippen LogP contribution in [-0.4, -0.2) is 51.6 Å². The molecule has 2 N–H and O–H groups in total. The van der Waals surface area contributed by atoms with Crippen molar-refractivity contribution in [1.29, 1.82) is 0 Å². The SMILES string of the molecule is C1COCCN1.CC.CC.CC1CNCC(C)O1. The number of nitrogens with one attached hydrogen (secondary N) is 2. The number of hydrogen-bond donors (Lipinski definition) is 2. The van der Waals surface area contributed by atoms with Gasteiger partial charge in [-0.1, -0.05) is 27.7 Å².